The third kappa shape index (κ3) is 5.34. The zero-order chi connectivity index (χ0) is 18.9. The maximum absolute atomic E-state index is 12.2. The van der Waals surface area contributed by atoms with E-state index < -0.39 is 0 Å². The van der Waals surface area contributed by atoms with Gasteiger partial charge in [-0.2, -0.15) is 0 Å². The molecule has 7 nitrogen and oxygen atoms in total. The summed E-state index contributed by atoms with van der Waals surface area (Å²) in [6, 6.07) is 5.47. The number of hydrogen-bond acceptors (Lipinski definition) is 7. The van der Waals surface area contributed by atoms with Crippen LogP contribution < -0.4 is 20.1 Å². The molecule has 1 amide bonds. The van der Waals surface area contributed by atoms with Crippen molar-refractivity contribution in [3.8, 4) is 11.5 Å². The van der Waals surface area contributed by atoms with E-state index in [9.17, 15) is 4.79 Å². The molecule has 1 heterocycles. The summed E-state index contributed by atoms with van der Waals surface area (Å²) in [6.45, 7) is 7.60. The number of hydrogen-bond donors (Lipinski definition) is 2. The number of benzene rings is 1. The van der Waals surface area contributed by atoms with Gasteiger partial charge < -0.3 is 25.0 Å². The van der Waals surface area contributed by atoms with Gasteiger partial charge in [-0.25, -0.2) is 4.98 Å². The number of carbonyl (C=O) groups excluding carboxylic acids is 1. The SMILES string of the molecule is CCN(CC)CCNC(=O)c1csc(Nc2ccc(OC)cc2OC)n1. The number of nitrogens with zero attached hydrogens (tertiary/aromatic N) is 2. The molecule has 0 saturated heterocycles. The van der Waals surface area contributed by atoms with Crippen LogP contribution in [0, 0.1) is 0 Å². The minimum Gasteiger partial charge on any atom is -0.497 e. The molecule has 1 aromatic carbocycles. The molecule has 2 aromatic rings. The van der Waals surface area contributed by atoms with Crippen molar-refractivity contribution >= 4 is 28.1 Å². The number of likely N-dealkylation sites (N-methyl/N-ethyl adjacent to an activating group) is 1. The Kier molecular flexibility index (Phi) is 7.68. The normalized spacial score (nSPS) is 10.7. The molecule has 0 aliphatic carbocycles. The van der Waals surface area contributed by atoms with Crippen molar-refractivity contribution in [1.29, 1.82) is 0 Å². The maximum Gasteiger partial charge on any atom is 0.270 e. The lowest BCUT2D eigenvalue weighted by atomic mass is 10.3. The number of thiazole rings is 1. The molecule has 0 spiro atoms. The Morgan fingerprint density at radius 1 is 1.23 bits per heavy atom. The lowest BCUT2D eigenvalue weighted by molar-refractivity contribution is 0.0944. The molecule has 1 aromatic heterocycles. The van der Waals surface area contributed by atoms with Crippen LogP contribution in [0.25, 0.3) is 0 Å². The molecule has 0 atom stereocenters. The van der Waals surface area contributed by atoms with Gasteiger partial charge in [-0.1, -0.05) is 13.8 Å². The van der Waals surface area contributed by atoms with Crippen LogP contribution in [0.3, 0.4) is 0 Å². The molecule has 0 bridgehead atoms. The molecule has 2 N–H and O–H groups in total. The van der Waals surface area contributed by atoms with E-state index in [0.717, 1.165) is 25.3 Å². The van der Waals surface area contributed by atoms with Crippen LogP contribution in [-0.4, -0.2) is 56.2 Å². The minimum absolute atomic E-state index is 0.164. The highest BCUT2D eigenvalue weighted by Gasteiger charge is 2.12. The van der Waals surface area contributed by atoms with Crippen molar-refractivity contribution in [2.45, 2.75) is 13.8 Å². The number of ether oxygens (including phenoxy) is 2. The smallest absolute Gasteiger partial charge is 0.270 e. The number of carbonyl (C=O) groups is 1. The molecule has 8 heteroatoms. The van der Waals surface area contributed by atoms with E-state index in [1.165, 1.54) is 11.3 Å². The summed E-state index contributed by atoms with van der Waals surface area (Å²) in [6.07, 6.45) is 0. The molecule has 0 radical (unpaired) electrons. The largest absolute Gasteiger partial charge is 0.497 e. The summed E-state index contributed by atoms with van der Waals surface area (Å²) >= 11 is 1.37. The van der Waals surface area contributed by atoms with E-state index in [2.05, 4.69) is 34.4 Å². The van der Waals surface area contributed by atoms with Gasteiger partial charge in [0.1, 0.15) is 17.2 Å². The average molecular weight is 378 g/mol. The lowest BCUT2D eigenvalue weighted by Crippen LogP contribution is -2.34. The second-order valence-electron chi connectivity index (χ2n) is 5.51. The van der Waals surface area contributed by atoms with E-state index in [1.807, 2.05) is 12.1 Å². The van der Waals surface area contributed by atoms with Crippen LogP contribution in [0.15, 0.2) is 23.6 Å². The zero-order valence-electron chi connectivity index (χ0n) is 15.7. The molecule has 0 fully saturated rings. The van der Waals surface area contributed by atoms with E-state index in [-0.39, 0.29) is 5.91 Å². The Balaban J connectivity index is 1.96. The number of amides is 1. The minimum atomic E-state index is -0.164. The third-order valence-electron chi connectivity index (χ3n) is 4.00. The number of methoxy groups -OCH3 is 2. The summed E-state index contributed by atoms with van der Waals surface area (Å²) in [5.74, 6) is 1.19. The van der Waals surface area contributed by atoms with Crippen LogP contribution >= 0.6 is 11.3 Å². The second-order valence-corrected chi connectivity index (χ2v) is 6.37. The molecule has 142 valence electrons. The first-order valence-corrected chi connectivity index (χ1v) is 9.44. The first-order valence-electron chi connectivity index (χ1n) is 8.56. The van der Waals surface area contributed by atoms with Gasteiger partial charge >= 0.3 is 0 Å². The van der Waals surface area contributed by atoms with Crippen molar-refractivity contribution in [2.75, 3.05) is 45.7 Å². The molecule has 0 aliphatic rings. The molecular formula is C18H26N4O3S. The quantitative estimate of drug-likeness (QED) is 0.662. The van der Waals surface area contributed by atoms with Crippen molar-refractivity contribution < 1.29 is 14.3 Å². The van der Waals surface area contributed by atoms with E-state index >= 15 is 0 Å². The Morgan fingerprint density at radius 3 is 2.65 bits per heavy atom. The van der Waals surface area contributed by atoms with Crippen molar-refractivity contribution in [2.24, 2.45) is 0 Å². The van der Waals surface area contributed by atoms with E-state index in [0.29, 0.717) is 28.9 Å². The fourth-order valence-corrected chi connectivity index (χ4v) is 3.11. The van der Waals surface area contributed by atoms with Gasteiger partial charge in [-0.3, -0.25) is 4.79 Å². The predicted octanol–water partition coefficient (Wildman–Crippen LogP) is 2.98. The first-order chi connectivity index (χ1) is 12.6. The fraction of sp³-hybridized carbons (Fsp3) is 0.444. The van der Waals surface area contributed by atoms with Crippen LogP contribution in [0.2, 0.25) is 0 Å². The van der Waals surface area contributed by atoms with Crippen LogP contribution in [0.1, 0.15) is 24.3 Å². The number of rotatable bonds is 10. The summed E-state index contributed by atoms with van der Waals surface area (Å²) < 4.78 is 10.6. The highest BCUT2D eigenvalue weighted by molar-refractivity contribution is 7.14. The predicted molar refractivity (Wildman–Crippen MR) is 105 cm³/mol. The van der Waals surface area contributed by atoms with Gasteiger partial charge in [-0.05, 0) is 25.2 Å². The fourth-order valence-electron chi connectivity index (χ4n) is 2.41. The highest BCUT2D eigenvalue weighted by Crippen LogP contribution is 2.32. The van der Waals surface area contributed by atoms with Crippen LogP contribution in [0.5, 0.6) is 11.5 Å². The Labute approximate surface area is 158 Å². The second kappa shape index (κ2) is 9.98. The molecule has 0 aliphatic heterocycles. The number of nitrogens with one attached hydrogen (secondary N) is 2. The maximum atomic E-state index is 12.2. The van der Waals surface area contributed by atoms with E-state index in [4.69, 9.17) is 9.47 Å². The molecular weight excluding hydrogens is 352 g/mol. The summed E-state index contributed by atoms with van der Waals surface area (Å²) in [5, 5.41) is 8.46. The van der Waals surface area contributed by atoms with Crippen LogP contribution in [0.4, 0.5) is 10.8 Å². The Morgan fingerprint density at radius 2 is 2.00 bits per heavy atom. The Hall–Kier alpha value is -2.32. The summed E-state index contributed by atoms with van der Waals surface area (Å²) in [4.78, 5) is 18.8. The first kappa shape index (κ1) is 20.0. The summed E-state index contributed by atoms with van der Waals surface area (Å²) in [5.41, 5.74) is 1.17. The van der Waals surface area contributed by atoms with Gasteiger partial charge in [0.25, 0.3) is 5.91 Å². The molecule has 0 saturated carbocycles. The lowest BCUT2D eigenvalue weighted by Gasteiger charge is -2.17. The average Bonchev–Trinajstić information content (AvgIpc) is 3.14. The van der Waals surface area contributed by atoms with Crippen molar-refractivity contribution in [1.82, 2.24) is 15.2 Å². The molecule has 26 heavy (non-hydrogen) atoms. The number of anilines is 2. The Bertz CT molecular complexity index is 716. The third-order valence-corrected chi connectivity index (χ3v) is 4.75. The van der Waals surface area contributed by atoms with Gasteiger partial charge in [0.15, 0.2) is 5.13 Å². The topological polar surface area (TPSA) is 75.7 Å². The van der Waals surface area contributed by atoms with Gasteiger partial charge in [0, 0.05) is 24.5 Å². The van der Waals surface area contributed by atoms with Crippen molar-refractivity contribution in [3.63, 3.8) is 0 Å². The standard InChI is InChI=1S/C18H26N4O3S/c1-5-22(6-2)10-9-19-17(23)15-12-26-18(21-15)20-14-8-7-13(24-3)11-16(14)25-4/h7-8,11-12H,5-6,9-10H2,1-4H3,(H,19,23)(H,20,21). The zero-order valence-corrected chi connectivity index (χ0v) is 16.5. The number of aromatic nitrogens is 1. The van der Waals surface area contributed by atoms with Crippen molar-refractivity contribution in [3.05, 3.63) is 29.3 Å². The summed E-state index contributed by atoms with van der Waals surface area (Å²) in [7, 11) is 3.20. The highest BCUT2D eigenvalue weighted by atomic mass is 32.1. The van der Waals surface area contributed by atoms with E-state index in [1.54, 1.807) is 25.7 Å². The van der Waals surface area contributed by atoms with Crippen LogP contribution in [-0.2, 0) is 0 Å². The van der Waals surface area contributed by atoms with Gasteiger partial charge in [0.05, 0.1) is 19.9 Å². The molecule has 0 unspecified atom stereocenters. The van der Waals surface area contributed by atoms with Gasteiger partial charge in [-0.15, -0.1) is 11.3 Å². The molecule has 2 rings (SSSR count). The monoisotopic (exact) mass is 378 g/mol. The van der Waals surface area contributed by atoms with Gasteiger partial charge in [0.2, 0.25) is 0 Å².